The Morgan fingerprint density at radius 3 is 2.20 bits per heavy atom. The Bertz CT molecular complexity index is 899. The monoisotopic (exact) mass is 407 g/mol. The summed E-state index contributed by atoms with van der Waals surface area (Å²) in [5, 5.41) is 2.89. The molecule has 2 heterocycles. The number of amides is 2. The summed E-state index contributed by atoms with van der Waals surface area (Å²) in [6.45, 7) is 2.62. The number of rotatable bonds is 3. The fourth-order valence-corrected chi connectivity index (χ4v) is 5.65. The van der Waals surface area contributed by atoms with Crippen LogP contribution in [-0.4, -0.2) is 42.5 Å². The molecule has 30 heavy (non-hydrogen) atoms. The highest BCUT2D eigenvalue weighted by Gasteiger charge is 2.52. The van der Waals surface area contributed by atoms with E-state index in [1.54, 1.807) is 12.1 Å². The quantitative estimate of drug-likeness (QED) is 0.740. The van der Waals surface area contributed by atoms with E-state index in [2.05, 4.69) is 41.5 Å². The zero-order chi connectivity index (χ0) is 20.7. The van der Waals surface area contributed by atoms with Crippen LogP contribution in [0.5, 0.6) is 0 Å². The normalized spacial score (nSPS) is 23.7. The molecule has 2 aliphatic heterocycles. The molecule has 3 fully saturated rings. The molecule has 1 spiro atoms. The Balaban J connectivity index is 1.22. The van der Waals surface area contributed by atoms with Gasteiger partial charge >= 0.3 is 6.03 Å². The van der Waals surface area contributed by atoms with Crippen LogP contribution in [0.25, 0.3) is 0 Å². The highest BCUT2D eigenvalue weighted by atomic mass is 19.1. The van der Waals surface area contributed by atoms with Gasteiger partial charge in [0.1, 0.15) is 5.82 Å². The van der Waals surface area contributed by atoms with Crippen LogP contribution in [0.4, 0.5) is 14.9 Å². The number of carbonyl (C=O) groups is 1. The van der Waals surface area contributed by atoms with E-state index in [0.717, 1.165) is 38.4 Å². The third-order valence-corrected chi connectivity index (χ3v) is 7.56. The topological polar surface area (TPSA) is 35.6 Å². The van der Waals surface area contributed by atoms with Crippen LogP contribution in [0.2, 0.25) is 0 Å². The Kier molecular flexibility index (Phi) is 5.02. The fourth-order valence-electron chi connectivity index (χ4n) is 5.65. The first-order valence-corrected chi connectivity index (χ1v) is 11.2. The summed E-state index contributed by atoms with van der Waals surface area (Å²) in [6.07, 6.45) is 6.07. The van der Waals surface area contributed by atoms with Crippen molar-refractivity contribution >= 4 is 11.7 Å². The maximum atomic E-state index is 13.1. The summed E-state index contributed by atoms with van der Waals surface area (Å²) in [6, 6.07) is 15.6. The average Bonchev–Trinajstić information content (AvgIpc) is 2.70. The van der Waals surface area contributed by atoms with Gasteiger partial charge in [0.05, 0.1) is 0 Å². The molecule has 0 aromatic heterocycles. The minimum atomic E-state index is -0.297. The van der Waals surface area contributed by atoms with Crippen molar-refractivity contribution in [3.05, 3.63) is 65.5 Å². The number of nitrogens with one attached hydrogen (secondary N) is 1. The Morgan fingerprint density at radius 2 is 1.63 bits per heavy atom. The molecule has 0 radical (unpaired) electrons. The van der Waals surface area contributed by atoms with Crippen LogP contribution >= 0.6 is 0 Å². The summed E-state index contributed by atoms with van der Waals surface area (Å²) >= 11 is 0. The molecule has 5 heteroatoms. The maximum absolute atomic E-state index is 13.1. The number of anilines is 1. The lowest BCUT2D eigenvalue weighted by atomic mass is 9.63. The molecule has 0 bridgehead atoms. The highest BCUT2D eigenvalue weighted by molar-refractivity contribution is 5.89. The number of hydrogen-bond donors (Lipinski definition) is 1. The fraction of sp³-hybridized carbons (Fsp3) is 0.480. The van der Waals surface area contributed by atoms with Gasteiger partial charge in [0.2, 0.25) is 0 Å². The van der Waals surface area contributed by atoms with Crippen molar-refractivity contribution in [1.82, 2.24) is 9.80 Å². The maximum Gasteiger partial charge on any atom is 0.321 e. The van der Waals surface area contributed by atoms with Crippen LogP contribution in [0.15, 0.2) is 48.5 Å². The van der Waals surface area contributed by atoms with Crippen molar-refractivity contribution in [1.29, 1.82) is 0 Å². The summed E-state index contributed by atoms with van der Waals surface area (Å²) in [7, 11) is 2.21. The second-order valence-electron chi connectivity index (χ2n) is 9.40. The number of hydrogen-bond acceptors (Lipinski definition) is 2. The number of halogens is 1. The van der Waals surface area contributed by atoms with E-state index in [1.807, 2.05) is 4.90 Å². The molecule has 2 aromatic rings. The molecule has 4 nitrogen and oxygen atoms in total. The third kappa shape index (κ3) is 3.49. The number of benzene rings is 2. The predicted octanol–water partition coefficient (Wildman–Crippen LogP) is 5.39. The predicted molar refractivity (Wildman–Crippen MR) is 117 cm³/mol. The second-order valence-corrected chi connectivity index (χ2v) is 9.40. The number of nitrogens with zero attached hydrogens (tertiary/aromatic N) is 2. The van der Waals surface area contributed by atoms with Crippen LogP contribution in [0.1, 0.15) is 55.2 Å². The zero-order valence-electron chi connectivity index (χ0n) is 17.6. The smallest absolute Gasteiger partial charge is 0.321 e. The summed E-state index contributed by atoms with van der Waals surface area (Å²) in [4.78, 5) is 17.0. The Hall–Kier alpha value is -2.40. The molecule has 3 aliphatic rings. The first-order valence-electron chi connectivity index (χ1n) is 11.2. The second kappa shape index (κ2) is 7.69. The lowest BCUT2D eigenvalue weighted by Gasteiger charge is -2.59. The molecule has 1 unspecified atom stereocenters. The molecule has 5 rings (SSSR count). The van der Waals surface area contributed by atoms with Crippen molar-refractivity contribution in [2.24, 2.45) is 5.41 Å². The summed E-state index contributed by atoms with van der Waals surface area (Å²) in [5.41, 5.74) is 3.80. The molecule has 2 amide bonds. The first-order chi connectivity index (χ1) is 14.5. The van der Waals surface area contributed by atoms with Crippen molar-refractivity contribution in [3.63, 3.8) is 0 Å². The third-order valence-electron chi connectivity index (χ3n) is 7.56. The van der Waals surface area contributed by atoms with E-state index >= 15 is 0 Å². The van der Waals surface area contributed by atoms with Crippen molar-refractivity contribution in [2.45, 2.75) is 44.1 Å². The van der Waals surface area contributed by atoms with E-state index in [1.165, 1.54) is 42.5 Å². The Labute approximate surface area is 178 Å². The number of carbonyl (C=O) groups excluding carboxylic acids is 1. The van der Waals surface area contributed by atoms with Crippen molar-refractivity contribution < 1.29 is 9.18 Å². The Morgan fingerprint density at radius 1 is 1.00 bits per heavy atom. The van der Waals surface area contributed by atoms with Gasteiger partial charge in [-0.1, -0.05) is 30.7 Å². The van der Waals surface area contributed by atoms with E-state index in [-0.39, 0.29) is 17.3 Å². The molecule has 158 valence electrons. The van der Waals surface area contributed by atoms with Gasteiger partial charge in [-0.15, -0.1) is 0 Å². The molecule has 1 saturated carbocycles. The van der Waals surface area contributed by atoms with Gasteiger partial charge in [-0.3, -0.25) is 4.90 Å². The molecule has 2 aromatic carbocycles. The molecular formula is C25H30FN3O. The van der Waals surface area contributed by atoms with Gasteiger partial charge in [-0.25, -0.2) is 9.18 Å². The van der Waals surface area contributed by atoms with Crippen LogP contribution < -0.4 is 5.32 Å². The van der Waals surface area contributed by atoms with E-state index in [4.69, 9.17) is 0 Å². The zero-order valence-corrected chi connectivity index (χ0v) is 17.6. The molecule has 1 atom stereocenters. The lowest BCUT2D eigenvalue weighted by molar-refractivity contribution is -0.0915. The molecular weight excluding hydrogens is 377 g/mol. The number of piperidine rings is 1. The molecule has 1 aliphatic carbocycles. The summed E-state index contributed by atoms with van der Waals surface area (Å²) in [5.74, 6) is 0.476. The summed E-state index contributed by atoms with van der Waals surface area (Å²) < 4.78 is 13.1. The van der Waals surface area contributed by atoms with Crippen LogP contribution in [-0.2, 0) is 0 Å². The minimum absolute atomic E-state index is 0.0921. The standard InChI is InChI=1S/C25H30FN3O/c1-28-17-25(23(28)20-7-5-19(6-8-20)18-3-2-4-18)13-15-29(16-14-25)24(30)27-22-11-9-21(26)10-12-22/h5-12,18,23H,2-4,13-17H2,1H3,(H,27,30). The molecule has 1 N–H and O–H groups in total. The van der Waals surface area contributed by atoms with Crippen molar-refractivity contribution in [2.75, 3.05) is 32.0 Å². The van der Waals surface area contributed by atoms with E-state index in [9.17, 15) is 9.18 Å². The van der Waals surface area contributed by atoms with Gasteiger partial charge < -0.3 is 10.2 Å². The molecule has 2 saturated heterocycles. The van der Waals surface area contributed by atoms with Crippen LogP contribution in [0.3, 0.4) is 0 Å². The van der Waals surface area contributed by atoms with Gasteiger partial charge in [0.15, 0.2) is 0 Å². The van der Waals surface area contributed by atoms with E-state index < -0.39 is 0 Å². The van der Waals surface area contributed by atoms with Gasteiger partial charge in [0, 0.05) is 36.8 Å². The first kappa shape index (κ1) is 19.6. The van der Waals surface area contributed by atoms with Gasteiger partial charge in [-0.05, 0) is 74.0 Å². The highest BCUT2D eigenvalue weighted by Crippen LogP contribution is 2.54. The number of likely N-dealkylation sites (tertiary alicyclic amines) is 2. The number of urea groups is 1. The minimum Gasteiger partial charge on any atom is -0.324 e. The largest absolute Gasteiger partial charge is 0.324 e. The average molecular weight is 408 g/mol. The van der Waals surface area contributed by atoms with Crippen molar-refractivity contribution in [3.8, 4) is 0 Å². The van der Waals surface area contributed by atoms with Gasteiger partial charge in [-0.2, -0.15) is 0 Å². The van der Waals surface area contributed by atoms with Crippen LogP contribution in [0, 0.1) is 11.2 Å². The van der Waals surface area contributed by atoms with E-state index in [0.29, 0.717) is 11.7 Å². The van der Waals surface area contributed by atoms with Gasteiger partial charge in [0.25, 0.3) is 0 Å². The lowest BCUT2D eigenvalue weighted by Crippen LogP contribution is -2.61. The SMILES string of the molecule is CN1CC2(CCN(C(=O)Nc3ccc(F)cc3)CC2)C1c1ccc(C2CCC2)cc1.